The molecular formula is C15H21NO3. The molecule has 19 heavy (non-hydrogen) atoms. The van der Waals surface area contributed by atoms with Crippen molar-refractivity contribution in [1.82, 2.24) is 5.32 Å². The summed E-state index contributed by atoms with van der Waals surface area (Å²) in [4.78, 5) is 11.9. The van der Waals surface area contributed by atoms with Gasteiger partial charge in [-0.05, 0) is 24.8 Å². The van der Waals surface area contributed by atoms with Crippen molar-refractivity contribution in [2.75, 3.05) is 13.2 Å². The summed E-state index contributed by atoms with van der Waals surface area (Å²) in [6.45, 7) is 0.727. The van der Waals surface area contributed by atoms with Crippen LogP contribution in [0, 0.1) is 0 Å². The zero-order valence-corrected chi connectivity index (χ0v) is 11.0. The van der Waals surface area contributed by atoms with Crippen molar-refractivity contribution in [3.05, 3.63) is 35.9 Å². The lowest BCUT2D eigenvalue weighted by Gasteiger charge is -2.17. The molecule has 0 saturated carbocycles. The van der Waals surface area contributed by atoms with Gasteiger partial charge in [-0.25, -0.2) is 0 Å². The first-order valence-corrected chi connectivity index (χ1v) is 6.86. The number of carbonyl (C=O) groups excluding carboxylic acids is 1. The lowest BCUT2D eigenvalue weighted by molar-refractivity contribution is -0.122. The van der Waals surface area contributed by atoms with Gasteiger partial charge in [-0.15, -0.1) is 0 Å². The van der Waals surface area contributed by atoms with Crippen molar-refractivity contribution in [1.29, 1.82) is 0 Å². The summed E-state index contributed by atoms with van der Waals surface area (Å²) in [5.74, 6) is -0.0293. The Kier molecular flexibility index (Phi) is 5.36. The molecule has 1 amide bonds. The lowest BCUT2D eigenvalue weighted by atomic mass is 10.1. The van der Waals surface area contributed by atoms with Gasteiger partial charge in [-0.1, -0.05) is 30.3 Å². The average Bonchev–Trinajstić information content (AvgIpc) is 2.97. The van der Waals surface area contributed by atoms with Crippen molar-refractivity contribution < 1.29 is 14.6 Å². The van der Waals surface area contributed by atoms with E-state index in [0.717, 1.165) is 31.4 Å². The average molecular weight is 263 g/mol. The number of aliphatic hydroxyl groups excluding tert-OH is 1. The van der Waals surface area contributed by atoms with Crippen LogP contribution in [0.15, 0.2) is 30.3 Å². The number of nitrogens with one attached hydrogen (secondary N) is 1. The molecule has 1 saturated heterocycles. The minimum absolute atomic E-state index is 0.0293. The van der Waals surface area contributed by atoms with Crippen LogP contribution in [-0.4, -0.2) is 30.3 Å². The lowest BCUT2D eigenvalue weighted by Crippen LogP contribution is -2.31. The molecule has 2 unspecified atom stereocenters. The Morgan fingerprint density at radius 3 is 2.84 bits per heavy atom. The van der Waals surface area contributed by atoms with Crippen molar-refractivity contribution in [3.63, 3.8) is 0 Å². The first kappa shape index (κ1) is 14.0. The molecule has 0 radical (unpaired) electrons. The first-order chi connectivity index (χ1) is 9.29. The minimum atomic E-state index is -0.321. The second-order valence-corrected chi connectivity index (χ2v) is 4.89. The fourth-order valence-electron chi connectivity index (χ4n) is 2.35. The summed E-state index contributed by atoms with van der Waals surface area (Å²) in [7, 11) is 0. The monoisotopic (exact) mass is 263 g/mol. The summed E-state index contributed by atoms with van der Waals surface area (Å²) in [6.07, 6.45) is 3.59. The SMILES string of the molecule is O=C(CCC1CCCO1)NC(CO)c1ccccc1. The van der Waals surface area contributed by atoms with E-state index >= 15 is 0 Å². The molecule has 1 fully saturated rings. The molecule has 1 aromatic carbocycles. The molecule has 0 aliphatic carbocycles. The normalized spacial score (nSPS) is 20.2. The van der Waals surface area contributed by atoms with Gasteiger partial charge in [-0.3, -0.25) is 4.79 Å². The number of hydrogen-bond acceptors (Lipinski definition) is 3. The van der Waals surface area contributed by atoms with Gasteiger partial charge in [0.05, 0.1) is 18.8 Å². The molecule has 1 aromatic rings. The van der Waals surface area contributed by atoms with Crippen LogP contribution in [0.5, 0.6) is 0 Å². The molecule has 1 aliphatic heterocycles. The van der Waals surface area contributed by atoms with Crippen molar-refractivity contribution in [2.45, 2.75) is 37.8 Å². The Labute approximate surface area is 113 Å². The van der Waals surface area contributed by atoms with Crippen LogP contribution in [-0.2, 0) is 9.53 Å². The minimum Gasteiger partial charge on any atom is -0.394 e. The van der Waals surface area contributed by atoms with E-state index in [0.29, 0.717) is 6.42 Å². The van der Waals surface area contributed by atoms with E-state index in [2.05, 4.69) is 5.32 Å². The summed E-state index contributed by atoms with van der Waals surface area (Å²) in [6, 6.07) is 9.20. The van der Waals surface area contributed by atoms with E-state index < -0.39 is 0 Å². The van der Waals surface area contributed by atoms with Gasteiger partial charge < -0.3 is 15.2 Å². The summed E-state index contributed by atoms with van der Waals surface area (Å²) in [5, 5.41) is 12.2. The number of ether oxygens (including phenoxy) is 1. The van der Waals surface area contributed by atoms with Gasteiger partial charge in [0.25, 0.3) is 0 Å². The topological polar surface area (TPSA) is 58.6 Å². The van der Waals surface area contributed by atoms with Crippen LogP contribution in [0.3, 0.4) is 0 Å². The van der Waals surface area contributed by atoms with Crippen molar-refractivity contribution in [2.24, 2.45) is 0 Å². The van der Waals surface area contributed by atoms with Crippen LogP contribution < -0.4 is 5.32 Å². The van der Waals surface area contributed by atoms with E-state index in [4.69, 9.17) is 4.74 Å². The predicted octanol–water partition coefficient (Wildman–Crippen LogP) is 1.80. The summed E-state index contributed by atoms with van der Waals surface area (Å²) >= 11 is 0. The fraction of sp³-hybridized carbons (Fsp3) is 0.533. The summed E-state index contributed by atoms with van der Waals surface area (Å²) < 4.78 is 5.49. The van der Waals surface area contributed by atoms with Crippen LogP contribution in [0.2, 0.25) is 0 Å². The molecule has 2 atom stereocenters. The van der Waals surface area contributed by atoms with E-state index in [1.807, 2.05) is 30.3 Å². The quantitative estimate of drug-likeness (QED) is 0.822. The maximum Gasteiger partial charge on any atom is 0.220 e. The zero-order valence-electron chi connectivity index (χ0n) is 11.0. The molecule has 4 heteroatoms. The molecule has 0 aromatic heterocycles. The Bertz CT molecular complexity index is 388. The number of amides is 1. The van der Waals surface area contributed by atoms with Gasteiger partial charge in [0.1, 0.15) is 0 Å². The van der Waals surface area contributed by atoms with Gasteiger partial charge in [0.2, 0.25) is 5.91 Å². The fourth-order valence-corrected chi connectivity index (χ4v) is 2.35. The molecule has 0 bridgehead atoms. The maximum atomic E-state index is 11.9. The number of carbonyl (C=O) groups is 1. The van der Waals surface area contributed by atoms with Gasteiger partial charge in [-0.2, -0.15) is 0 Å². The maximum absolute atomic E-state index is 11.9. The summed E-state index contributed by atoms with van der Waals surface area (Å²) in [5.41, 5.74) is 0.926. The van der Waals surface area contributed by atoms with E-state index in [1.165, 1.54) is 0 Å². The van der Waals surface area contributed by atoms with Gasteiger partial charge >= 0.3 is 0 Å². The molecule has 0 spiro atoms. The van der Waals surface area contributed by atoms with E-state index in [1.54, 1.807) is 0 Å². The number of aliphatic hydroxyl groups is 1. The van der Waals surface area contributed by atoms with Gasteiger partial charge in [0, 0.05) is 13.0 Å². The highest BCUT2D eigenvalue weighted by Crippen LogP contribution is 2.17. The van der Waals surface area contributed by atoms with Crippen LogP contribution in [0.1, 0.15) is 37.3 Å². The molecule has 2 rings (SSSR count). The van der Waals surface area contributed by atoms with E-state index in [-0.39, 0.29) is 24.7 Å². The molecular weight excluding hydrogens is 242 g/mol. The molecule has 104 valence electrons. The van der Waals surface area contributed by atoms with Gasteiger partial charge in [0.15, 0.2) is 0 Å². The Balaban J connectivity index is 1.79. The third-order valence-electron chi connectivity index (χ3n) is 3.44. The molecule has 1 heterocycles. The Morgan fingerprint density at radius 1 is 1.42 bits per heavy atom. The highest BCUT2D eigenvalue weighted by Gasteiger charge is 2.18. The van der Waals surface area contributed by atoms with E-state index in [9.17, 15) is 9.90 Å². The van der Waals surface area contributed by atoms with Crippen molar-refractivity contribution in [3.8, 4) is 0 Å². The zero-order chi connectivity index (χ0) is 13.5. The van der Waals surface area contributed by atoms with Crippen LogP contribution in [0.25, 0.3) is 0 Å². The second kappa shape index (κ2) is 7.26. The Hall–Kier alpha value is -1.39. The largest absolute Gasteiger partial charge is 0.394 e. The number of benzene rings is 1. The first-order valence-electron chi connectivity index (χ1n) is 6.86. The standard InChI is InChI=1S/C15H21NO3/c17-11-14(12-5-2-1-3-6-12)16-15(18)9-8-13-7-4-10-19-13/h1-3,5-6,13-14,17H,4,7-11H2,(H,16,18). The number of rotatable bonds is 6. The Morgan fingerprint density at radius 2 is 2.21 bits per heavy atom. The van der Waals surface area contributed by atoms with Crippen LogP contribution >= 0.6 is 0 Å². The van der Waals surface area contributed by atoms with Crippen molar-refractivity contribution >= 4 is 5.91 Å². The highest BCUT2D eigenvalue weighted by atomic mass is 16.5. The number of hydrogen-bond donors (Lipinski definition) is 2. The second-order valence-electron chi connectivity index (χ2n) is 4.89. The highest BCUT2D eigenvalue weighted by molar-refractivity contribution is 5.76. The predicted molar refractivity (Wildman–Crippen MR) is 72.6 cm³/mol. The third kappa shape index (κ3) is 4.33. The third-order valence-corrected chi connectivity index (χ3v) is 3.44. The smallest absolute Gasteiger partial charge is 0.220 e. The molecule has 2 N–H and O–H groups in total. The molecule has 4 nitrogen and oxygen atoms in total. The van der Waals surface area contributed by atoms with Crippen LogP contribution in [0.4, 0.5) is 0 Å². The molecule has 1 aliphatic rings.